The van der Waals surface area contributed by atoms with Crippen LogP contribution in [0, 0.1) is 6.92 Å². The number of ether oxygens (including phenoxy) is 1. The lowest BCUT2D eigenvalue weighted by Gasteiger charge is -2.37. The second-order valence-corrected chi connectivity index (χ2v) is 8.45. The van der Waals surface area contributed by atoms with E-state index >= 15 is 0 Å². The standard InChI is InChI=1S/C23H31N3O4/c1-17-21(25-16-30-17)22(28)24-15-23(18-5-3-2-4-6-18)9-7-19(20(27)8-10-23)26-11-13-29-14-12-26/h2-6,16,19-20,27H,7-15H2,1H3,(H,24,28)/t19-,20-,23-/m1/s1. The van der Waals surface area contributed by atoms with E-state index in [0.717, 1.165) is 45.6 Å². The predicted molar refractivity (Wildman–Crippen MR) is 112 cm³/mol. The molecule has 2 N–H and O–H groups in total. The number of hydrogen-bond acceptors (Lipinski definition) is 6. The van der Waals surface area contributed by atoms with Crippen molar-refractivity contribution < 1.29 is 19.1 Å². The number of benzene rings is 1. The Morgan fingerprint density at radius 3 is 2.67 bits per heavy atom. The SMILES string of the molecule is Cc1ocnc1C(=O)NC[C@]1(c2ccccc2)CC[C@@H](O)[C@H](N2CCOCC2)CC1. The summed E-state index contributed by atoms with van der Waals surface area (Å²) in [5.41, 5.74) is 1.31. The van der Waals surface area contributed by atoms with Crippen LogP contribution in [0.2, 0.25) is 0 Å². The quantitative estimate of drug-likeness (QED) is 0.732. The van der Waals surface area contributed by atoms with Gasteiger partial charge in [-0.2, -0.15) is 0 Å². The molecule has 1 aromatic carbocycles. The van der Waals surface area contributed by atoms with Gasteiger partial charge in [0.25, 0.3) is 5.91 Å². The maximum atomic E-state index is 12.7. The zero-order valence-corrected chi connectivity index (χ0v) is 17.5. The number of rotatable bonds is 5. The third-order valence-corrected chi connectivity index (χ3v) is 6.73. The van der Waals surface area contributed by atoms with E-state index in [1.165, 1.54) is 12.0 Å². The fourth-order valence-corrected chi connectivity index (χ4v) is 4.91. The number of nitrogens with one attached hydrogen (secondary N) is 1. The first-order valence-electron chi connectivity index (χ1n) is 10.8. The number of aromatic nitrogens is 1. The molecule has 2 heterocycles. The van der Waals surface area contributed by atoms with Crippen LogP contribution in [-0.4, -0.2) is 65.9 Å². The Bertz CT molecular complexity index is 834. The number of morpholine rings is 1. The summed E-state index contributed by atoms with van der Waals surface area (Å²) >= 11 is 0. The van der Waals surface area contributed by atoms with Crippen molar-refractivity contribution in [2.24, 2.45) is 0 Å². The zero-order valence-electron chi connectivity index (χ0n) is 17.5. The molecule has 30 heavy (non-hydrogen) atoms. The molecule has 1 aromatic heterocycles. The average Bonchev–Trinajstić information content (AvgIpc) is 3.14. The van der Waals surface area contributed by atoms with Gasteiger partial charge < -0.3 is 19.6 Å². The highest BCUT2D eigenvalue weighted by Crippen LogP contribution is 2.39. The number of oxazole rings is 1. The summed E-state index contributed by atoms with van der Waals surface area (Å²) in [5.74, 6) is 0.302. The van der Waals surface area contributed by atoms with Crippen molar-refractivity contribution >= 4 is 5.91 Å². The van der Waals surface area contributed by atoms with E-state index < -0.39 is 0 Å². The van der Waals surface area contributed by atoms with Gasteiger partial charge in [0.2, 0.25) is 0 Å². The molecule has 0 spiro atoms. The molecule has 2 fully saturated rings. The minimum atomic E-state index is -0.373. The second kappa shape index (κ2) is 9.29. The number of hydrogen-bond donors (Lipinski definition) is 2. The number of aliphatic hydroxyl groups is 1. The lowest BCUT2D eigenvalue weighted by atomic mass is 9.74. The van der Waals surface area contributed by atoms with Crippen molar-refractivity contribution in [2.45, 2.75) is 50.2 Å². The lowest BCUT2D eigenvalue weighted by molar-refractivity contribution is -0.0236. The maximum absolute atomic E-state index is 12.7. The molecule has 1 saturated carbocycles. The van der Waals surface area contributed by atoms with Crippen molar-refractivity contribution in [3.05, 3.63) is 53.7 Å². The Balaban J connectivity index is 1.54. The molecule has 1 aliphatic heterocycles. The number of carbonyl (C=O) groups excluding carboxylic acids is 1. The Hall–Kier alpha value is -2.22. The molecule has 7 heteroatoms. The van der Waals surface area contributed by atoms with E-state index in [-0.39, 0.29) is 23.5 Å². The van der Waals surface area contributed by atoms with Crippen LogP contribution in [-0.2, 0) is 10.2 Å². The summed E-state index contributed by atoms with van der Waals surface area (Å²) in [4.78, 5) is 19.1. The monoisotopic (exact) mass is 413 g/mol. The van der Waals surface area contributed by atoms with E-state index in [9.17, 15) is 9.90 Å². The van der Waals surface area contributed by atoms with Crippen LogP contribution in [0.1, 0.15) is 47.5 Å². The maximum Gasteiger partial charge on any atom is 0.273 e. The molecule has 1 saturated heterocycles. The van der Waals surface area contributed by atoms with Crippen LogP contribution in [0.3, 0.4) is 0 Å². The van der Waals surface area contributed by atoms with Gasteiger partial charge in [0, 0.05) is 31.1 Å². The minimum Gasteiger partial charge on any atom is -0.448 e. The smallest absolute Gasteiger partial charge is 0.273 e. The minimum absolute atomic E-state index is 0.132. The van der Waals surface area contributed by atoms with Gasteiger partial charge in [-0.15, -0.1) is 0 Å². The van der Waals surface area contributed by atoms with E-state index in [1.807, 2.05) is 18.2 Å². The average molecular weight is 414 g/mol. The predicted octanol–water partition coefficient (Wildman–Crippen LogP) is 2.29. The largest absolute Gasteiger partial charge is 0.448 e. The zero-order chi connectivity index (χ0) is 21.0. The van der Waals surface area contributed by atoms with Crippen molar-refractivity contribution in [3.63, 3.8) is 0 Å². The number of nitrogens with zero attached hydrogens (tertiary/aromatic N) is 2. The molecule has 2 aliphatic rings. The van der Waals surface area contributed by atoms with Gasteiger partial charge in [-0.25, -0.2) is 4.98 Å². The van der Waals surface area contributed by atoms with Crippen LogP contribution < -0.4 is 5.32 Å². The Morgan fingerprint density at radius 1 is 1.23 bits per heavy atom. The third kappa shape index (κ3) is 4.43. The molecule has 1 amide bonds. The van der Waals surface area contributed by atoms with Crippen molar-refractivity contribution in [3.8, 4) is 0 Å². The molecule has 0 bridgehead atoms. The van der Waals surface area contributed by atoms with E-state index in [4.69, 9.17) is 9.15 Å². The van der Waals surface area contributed by atoms with Crippen LogP contribution in [0.4, 0.5) is 0 Å². The van der Waals surface area contributed by atoms with E-state index in [0.29, 0.717) is 24.4 Å². The lowest BCUT2D eigenvalue weighted by Crippen LogP contribution is -2.48. The summed E-state index contributed by atoms with van der Waals surface area (Å²) in [7, 11) is 0. The Morgan fingerprint density at radius 2 is 1.97 bits per heavy atom. The molecular formula is C23H31N3O4. The van der Waals surface area contributed by atoms with Gasteiger partial charge in [0.1, 0.15) is 5.76 Å². The first kappa shape index (κ1) is 21.0. The molecule has 162 valence electrons. The van der Waals surface area contributed by atoms with Gasteiger partial charge in [0.05, 0.1) is 19.3 Å². The normalized spacial score (nSPS) is 28.1. The molecule has 0 unspecified atom stereocenters. The first-order valence-corrected chi connectivity index (χ1v) is 10.8. The highest BCUT2D eigenvalue weighted by Gasteiger charge is 2.40. The van der Waals surface area contributed by atoms with Crippen LogP contribution in [0.25, 0.3) is 0 Å². The topological polar surface area (TPSA) is 87.8 Å². The van der Waals surface area contributed by atoms with Crippen LogP contribution in [0.15, 0.2) is 41.1 Å². The number of carbonyl (C=O) groups is 1. The van der Waals surface area contributed by atoms with Crippen molar-refractivity contribution in [1.29, 1.82) is 0 Å². The van der Waals surface area contributed by atoms with E-state index in [2.05, 4.69) is 27.3 Å². The Kier molecular flexibility index (Phi) is 6.51. The van der Waals surface area contributed by atoms with Gasteiger partial charge >= 0.3 is 0 Å². The highest BCUT2D eigenvalue weighted by atomic mass is 16.5. The van der Waals surface area contributed by atoms with Gasteiger partial charge in [-0.3, -0.25) is 9.69 Å². The number of aliphatic hydroxyl groups excluding tert-OH is 1. The molecule has 3 atom stereocenters. The third-order valence-electron chi connectivity index (χ3n) is 6.73. The second-order valence-electron chi connectivity index (χ2n) is 8.45. The van der Waals surface area contributed by atoms with Crippen LogP contribution in [0.5, 0.6) is 0 Å². The summed E-state index contributed by atoms with van der Waals surface area (Å²) in [6.07, 6.45) is 4.23. The first-order chi connectivity index (χ1) is 14.6. The molecule has 2 aromatic rings. The molecule has 0 radical (unpaired) electrons. The van der Waals surface area contributed by atoms with Crippen molar-refractivity contribution in [1.82, 2.24) is 15.2 Å². The van der Waals surface area contributed by atoms with Crippen molar-refractivity contribution in [2.75, 3.05) is 32.8 Å². The fraction of sp³-hybridized carbons (Fsp3) is 0.565. The highest BCUT2D eigenvalue weighted by molar-refractivity contribution is 5.93. The molecule has 7 nitrogen and oxygen atoms in total. The fourth-order valence-electron chi connectivity index (χ4n) is 4.91. The number of aryl methyl sites for hydroxylation is 1. The summed E-state index contributed by atoms with van der Waals surface area (Å²) in [5, 5.41) is 14.0. The molecule has 1 aliphatic carbocycles. The summed E-state index contributed by atoms with van der Waals surface area (Å²) in [6.45, 7) is 5.42. The number of amides is 1. The van der Waals surface area contributed by atoms with E-state index in [1.54, 1.807) is 6.92 Å². The molecular weight excluding hydrogens is 382 g/mol. The van der Waals surface area contributed by atoms with Gasteiger partial charge in [0.15, 0.2) is 12.1 Å². The molecule has 4 rings (SSSR count). The Labute approximate surface area is 177 Å². The van der Waals surface area contributed by atoms with Crippen LogP contribution >= 0.6 is 0 Å². The van der Waals surface area contributed by atoms with Gasteiger partial charge in [-0.05, 0) is 38.2 Å². The van der Waals surface area contributed by atoms with Gasteiger partial charge in [-0.1, -0.05) is 30.3 Å². The summed E-state index contributed by atoms with van der Waals surface area (Å²) < 4.78 is 10.7. The summed E-state index contributed by atoms with van der Waals surface area (Å²) in [6, 6.07) is 10.5.